The topological polar surface area (TPSA) is 55.1 Å². The van der Waals surface area contributed by atoms with Gasteiger partial charge in [-0.2, -0.15) is 0 Å². The van der Waals surface area contributed by atoms with E-state index in [1.54, 1.807) is 13.0 Å². The predicted octanol–water partition coefficient (Wildman–Crippen LogP) is 4.26. The maximum atomic E-state index is 13.8. The Morgan fingerprint density at radius 2 is 2.10 bits per heavy atom. The van der Waals surface area contributed by atoms with Gasteiger partial charge in [0.1, 0.15) is 5.82 Å². The quantitative estimate of drug-likeness (QED) is 0.843. The van der Waals surface area contributed by atoms with Crippen LogP contribution in [0.25, 0.3) is 0 Å². The van der Waals surface area contributed by atoms with Crippen LogP contribution in [-0.4, -0.2) is 5.91 Å². The maximum absolute atomic E-state index is 13.8. The monoisotopic (exact) mass is 370 g/mol. The van der Waals surface area contributed by atoms with Gasteiger partial charge in [-0.25, -0.2) is 4.39 Å². The molecule has 0 fully saturated rings. The summed E-state index contributed by atoms with van der Waals surface area (Å²) >= 11 is 9.46. The number of hydrogen-bond donors (Lipinski definition) is 2. The minimum Gasteiger partial charge on any atom is -0.381 e. The van der Waals surface area contributed by atoms with Crippen molar-refractivity contribution in [2.45, 2.75) is 13.5 Å². The van der Waals surface area contributed by atoms with E-state index in [0.717, 1.165) is 16.1 Å². The van der Waals surface area contributed by atoms with Crippen molar-refractivity contribution in [3.8, 4) is 0 Å². The first-order chi connectivity index (χ1) is 9.88. The summed E-state index contributed by atoms with van der Waals surface area (Å²) in [6.45, 7) is 2.04. The van der Waals surface area contributed by atoms with Crippen LogP contribution in [0.4, 0.5) is 10.1 Å². The van der Waals surface area contributed by atoms with Crippen LogP contribution >= 0.6 is 27.5 Å². The summed E-state index contributed by atoms with van der Waals surface area (Å²) in [6, 6.07) is 8.19. The number of carbonyl (C=O) groups is 1. The van der Waals surface area contributed by atoms with Gasteiger partial charge >= 0.3 is 0 Å². The van der Waals surface area contributed by atoms with Gasteiger partial charge in [0.15, 0.2) is 0 Å². The molecule has 3 N–H and O–H groups in total. The number of anilines is 1. The van der Waals surface area contributed by atoms with E-state index in [2.05, 4.69) is 21.2 Å². The summed E-state index contributed by atoms with van der Waals surface area (Å²) < 4.78 is 14.7. The van der Waals surface area contributed by atoms with Crippen molar-refractivity contribution in [3.05, 3.63) is 62.3 Å². The zero-order valence-corrected chi connectivity index (χ0v) is 13.6. The maximum Gasteiger partial charge on any atom is 0.248 e. The van der Waals surface area contributed by atoms with Crippen molar-refractivity contribution in [1.29, 1.82) is 0 Å². The van der Waals surface area contributed by atoms with Gasteiger partial charge < -0.3 is 11.1 Å². The zero-order chi connectivity index (χ0) is 15.6. The highest BCUT2D eigenvalue weighted by atomic mass is 79.9. The number of nitrogens with two attached hydrogens (primary N) is 1. The molecule has 0 bridgehead atoms. The Balaban J connectivity index is 2.25. The Morgan fingerprint density at radius 3 is 2.71 bits per heavy atom. The van der Waals surface area contributed by atoms with Crippen molar-refractivity contribution in [2.75, 3.05) is 5.32 Å². The predicted molar refractivity (Wildman–Crippen MR) is 86.1 cm³/mol. The summed E-state index contributed by atoms with van der Waals surface area (Å²) in [4.78, 5) is 11.2. The average molecular weight is 372 g/mol. The third kappa shape index (κ3) is 3.74. The highest BCUT2D eigenvalue weighted by Crippen LogP contribution is 2.25. The van der Waals surface area contributed by atoms with E-state index in [4.69, 9.17) is 17.3 Å². The molecule has 0 aliphatic rings. The first-order valence-corrected chi connectivity index (χ1v) is 7.33. The third-order valence-electron chi connectivity index (χ3n) is 3.11. The molecule has 110 valence electrons. The fraction of sp³-hybridized carbons (Fsp3) is 0.133. The molecule has 0 aliphatic carbocycles. The summed E-state index contributed by atoms with van der Waals surface area (Å²) in [5.74, 6) is -1.14. The molecule has 6 heteroatoms. The molecule has 0 unspecified atom stereocenters. The first kappa shape index (κ1) is 15.8. The Labute approximate surface area is 135 Å². The Morgan fingerprint density at radius 1 is 1.38 bits per heavy atom. The van der Waals surface area contributed by atoms with Gasteiger partial charge in [-0.3, -0.25) is 4.79 Å². The number of primary amides is 1. The summed E-state index contributed by atoms with van der Waals surface area (Å²) in [7, 11) is 0. The van der Waals surface area contributed by atoms with Gasteiger partial charge in [0, 0.05) is 32.9 Å². The van der Waals surface area contributed by atoms with Crippen molar-refractivity contribution in [1.82, 2.24) is 0 Å². The van der Waals surface area contributed by atoms with Gasteiger partial charge in [0.2, 0.25) is 5.91 Å². The number of amides is 1. The molecule has 2 aromatic rings. The van der Waals surface area contributed by atoms with Gasteiger partial charge in [0.25, 0.3) is 0 Å². The number of carbonyl (C=O) groups excluding carboxylic acids is 1. The normalized spacial score (nSPS) is 10.5. The van der Waals surface area contributed by atoms with Gasteiger partial charge in [0.05, 0.1) is 0 Å². The highest BCUT2D eigenvalue weighted by Gasteiger charge is 2.11. The molecule has 0 saturated heterocycles. The molecule has 0 radical (unpaired) electrons. The molecule has 3 nitrogen and oxygen atoms in total. The number of nitrogens with one attached hydrogen (secondary N) is 1. The Hall–Kier alpha value is -1.59. The molecular weight excluding hydrogens is 359 g/mol. The lowest BCUT2D eigenvalue weighted by Gasteiger charge is -2.13. The standard InChI is InChI=1S/C15H13BrClFN2O/c1-8-13(18)4-10(15(19)21)5-14(8)20-7-9-2-3-11(16)6-12(9)17/h2-6,20H,7H2,1H3,(H2,19,21). The number of halogens is 3. The van der Waals surface area contributed by atoms with Crippen LogP contribution in [0.15, 0.2) is 34.8 Å². The largest absolute Gasteiger partial charge is 0.381 e. The van der Waals surface area contributed by atoms with Gasteiger partial charge in [-0.1, -0.05) is 33.6 Å². The van der Waals surface area contributed by atoms with Crippen LogP contribution in [-0.2, 0) is 6.54 Å². The van der Waals surface area contributed by atoms with E-state index < -0.39 is 11.7 Å². The van der Waals surface area contributed by atoms with E-state index in [0.29, 0.717) is 22.8 Å². The Kier molecular flexibility index (Phi) is 4.85. The second-order valence-corrected chi connectivity index (χ2v) is 5.91. The molecule has 0 spiro atoms. The number of hydrogen-bond acceptors (Lipinski definition) is 2. The fourth-order valence-electron chi connectivity index (χ4n) is 1.86. The van der Waals surface area contributed by atoms with E-state index in [-0.39, 0.29) is 5.56 Å². The van der Waals surface area contributed by atoms with Crippen molar-refractivity contribution < 1.29 is 9.18 Å². The van der Waals surface area contributed by atoms with Crippen LogP contribution in [0.3, 0.4) is 0 Å². The number of benzene rings is 2. The van der Waals surface area contributed by atoms with Crippen LogP contribution in [0.2, 0.25) is 5.02 Å². The summed E-state index contributed by atoms with van der Waals surface area (Å²) in [5, 5.41) is 3.68. The second-order valence-electron chi connectivity index (χ2n) is 4.58. The Bertz CT molecular complexity index is 706. The molecule has 0 atom stereocenters. The highest BCUT2D eigenvalue weighted by molar-refractivity contribution is 9.10. The molecule has 0 aliphatic heterocycles. The second kappa shape index (κ2) is 6.45. The van der Waals surface area contributed by atoms with Crippen LogP contribution in [0.1, 0.15) is 21.5 Å². The SMILES string of the molecule is Cc1c(F)cc(C(N)=O)cc1NCc1ccc(Br)cc1Cl. The van der Waals surface area contributed by atoms with Crippen LogP contribution in [0, 0.1) is 12.7 Å². The number of rotatable bonds is 4. The molecule has 0 aromatic heterocycles. The summed E-state index contributed by atoms with van der Waals surface area (Å²) in [6.07, 6.45) is 0. The molecule has 2 rings (SSSR count). The van der Waals surface area contributed by atoms with E-state index >= 15 is 0 Å². The van der Waals surface area contributed by atoms with Crippen molar-refractivity contribution in [3.63, 3.8) is 0 Å². The van der Waals surface area contributed by atoms with Crippen molar-refractivity contribution >= 4 is 39.1 Å². The molecular formula is C15H13BrClFN2O. The molecule has 21 heavy (non-hydrogen) atoms. The molecule has 0 heterocycles. The lowest BCUT2D eigenvalue weighted by atomic mass is 10.1. The average Bonchev–Trinajstić information content (AvgIpc) is 2.41. The smallest absolute Gasteiger partial charge is 0.248 e. The fourth-order valence-corrected chi connectivity index (χ4v) is 2.60. The lowest BCUT2D eigenvalue weighted by molar-refractivity contribution is 0.1000. The minimum atomic E-state index is -0.668. The van der Waals surface area contributed by atoms with Crippen LogP contribution in [0.5, 0.6) is 0 Å². The minimum absolute atomic E-state index is 0.127. The first-order valence-electron chi connectivity index (χ1n) is 6.16. The van der Waals surface area contributed by atoms with E-state index in [1.807, 2.05) is 12.1 Å². The lowest BCUT2D eigenvalue weighted by Crippen LogP contribution is -2.13. The van der Waals surface area contributed by atoms with E-state index in [1.165, 1.54) is 6.07 Å². The van der Waals surface area contributed by atoms with Crippen LogP contribution < -0.4 is 11.1 Å². The van der Waals surface area contributed by atoms with E-state index in [9.17, 15) is 9.18 Å². The van der Waals surface area contributed by atoms with Gasteiger partial charge in [-0.15, -0.1) is 0 Å². The van der Waals surface area contributed by atoms with Crippen molar-refractivity contribution in [2.24, 2.45) is 5.73 Å². The zero-order valence-electron chi connectivity index (χ0n) is 11.2. The molecule has 0 saturated carbocycles. The molecule has 1 amide bonds. The third-order valence-corrected chi connectivity index (χ3v) is 3.96. The molecule has 2 aromatic carbocycles. The summed E-state index contributed by atoms with van der Waals surface area (Å²) in [5.41, 5.74) is 7.12. The van der Waals surface area contributed by atoms with Gasteiger partial charge in [-0.05, 0) is 36.8 Å².